The normalized spacial score (nSPS) is 14.7. The Labute approximate surface area is 261 Å². The van der Waals surface area contributed by atoms with Gasteiger partial charge >= 0.3 is 0 Å². The van der Waals surface area contributed by atoms with Crippen molar-refractivity contribution in [2.24, 2.45) is 5.92 Å². The lowest BCUT2D eigenvalue weighted by Gasteiger charge is -2.38. The van der Waals surface area contributed by atoms with Crippen LogP contribution in [-0.2, 0) is 6.42 Å². The molecule has 5 rings (SSSR count). The molecule has 0 saturated heterocycles. The second kappa shape index (κ2) is 11.7. The number of pyridine rings is 2. The van der Waals surface area contributed by atoms with Gasteiger partial charge in [0.1, 0.15) is 45.6 Å². The Balaban J connectivity index is 1.80. The minimum Gasteiger partial charge on any atom is -0.497 e. The molecule has 1 atom stereocenters. The van der Waals surface area contributed by atoms with E-state index in [-0.39, 0.29) is 12.0 Å². The number of aromatic amines is 1. The van der Waals surface area contributed by atoms with E-state index >= 15 is 0 Å². The summed E-state index contributed by atoms with van der Waals surface area (Å²) in [6.07, 6.45) is 2.04. The molecule has 0 radical (unpaired) electrons. The molecule has 0 spiro atoms. The molecule has 3 heterocycles. The van der Waals surface area contributed by atoms with Gasteiger partial charge in [0.15, 0.2) is 0 Å². The first-order valence-corrected chi connectivity index (χ1v) is 14.4. The van der Waals surface area contributed by atoms with Gasteiger partial charge in [-0.05, 0) is 57.9 Å². The van der Waals surface area contributed by atoms with Crippen LogP contribution in [0.3, 0.4) is 0 Å². The van der Waals surface area contributed by atoms with E-state index in [0.717, 1.165) is 0 Å². The summed E-state index contributed by atoms with van der Waals surface area (Å²) in [5, 5.41) is 13.0. The average molecular weight is 621 g/mol. The molecule has 0 fully saturated rings. The van der Waals surface area contributed by atoms with Crippen LogP contribution in [0.5, 0.6) is 40.4 Å². The van der Waals surface area contributed by atoms with Gasteiger partial charge in [-0.3, -0.25) is 4.79 Å². The predicted octanol–water partition coefficient (Wildman–Crippen LogP) is 5.31. The van der Waals surface area contributed by atoms with Gasteiger partial charge < -0.3 is 43.2 Å². The van der Waals surface area contributed by atoms with Crippen LogP contribution in [-0.4, -0.2) is 68.9 Å². The molecule has 1 aliphatic heterocycles. The molecule has 45 heavy (non-hydrogen) atoms. The maximum atomic E-state index is 13.8. The standard InChI is InChI=1S/C34H40N2O9/c1-33(2)16-22(26-30(44-10)20-12-18(40-6)14-25(42-8)28(20)36-32(26)45-33)23(34(3,4)38)15-21-29(43-9)19-11-17(39-5)13-24(41-7)27(19)35-31(21)37/h11-14,16,23,38H,15H2,1-10H3,(H,35,37). The van der Waals surface area contributed by atoms with Crippen LogP contribution in [0.2, 0.25) is 0 Å². The number of hydrogen-bond acceptors (Lipinski definition) is 10. The van der Waals surface area contributed by atoms with Crippen molar-refractivity contribution in [1.82, 2.24) is 9.97 Å². The molecule has 2 aromatic heterocycles. The van der Waals surface area contributed by atoms with E-state index in [9.17, 15) is 9.90 Å². The Morgan fingerprint density at radius 2 is 1.47 bits per heavy atom. The second-order valence-electron chi connectivity index (χ2n) is 12.0. The molecule has 4 aromatic rings. The van der Waals surface area contributed by atoms with Crippen molar-refractivity contribution in [2.45, 2.75) is 45.3 Å². The van der Waals surface area contributed by atoms with Crippen molar-refractivity contribution < 1.29 is 38.3 Å². The van der Waals surface area contributed by atoms with Crippen LogP contribution in [0.25, 0.3) is 27.4 Å². The first-order valence-electron chi connectivity index (χ1n) is 14.4. The van der Waals surface area contributed by atoms with Crippen LogP contribution in [0.4, 0.5) is 0 Å². The molecule has 11 heteroatoms. The van der Waals surface area contributed by atoms with Gasteiger partial charge in [0.25, 0.3) is 5.56 Å². The summed E-state index contributed by atoms with van der Waals surface area (Å²) >= 11 is 0. The fourth-order valence-corrected chi connectivity index (χ4v) is 6.07. The van der Waals surface area contributed by atoms with Crippen molar-refractivity contribution >= 4 is 27.4 Å². The summed E-state index contributed by atoms with van der Waals surface area (Å²) in [5.41, 5.74) is 0.0798. The van der Waals surface area contributed by atoms with Crippen LogP contribution >= 0.6 is 0 Å². The summed E-state index contributed by atoms with van der Waals surface area (Å²) in [6.45, 7) is 7.23. The highest BCUT2D eigenvalue weighted by molar-refractivity contribution is 5.98. The summed E-state index contributed by atoms with van der Waals surface area (Å²) in [6, 6.07) is 7.03. The van der Waals surface area contributed by atoms with E-state index in [1.807, 2.05) is 26.0 Å². The third-order valence-electron chi connectivity index (χ3n) is 8.16. The monoisotopic (exact) mass is 620 g/mol. The van der Waals surface area contributed by atoms with Gasteiger partial charge in [0.2, 0.25) is 5.88 Å². The van der Waals surface area contributed by atoms with Gasteiger partial charge in [-0.15, -0.1) is 0 Å². The minimum atomic E-state index is -1.33. The largest absolute Gasteiger partial charge is 0.497 e. The van der Waals surface area contributed by atoms with Gasteiger partial charge in [0.05, 0.1) is 70.3 Å². The molecule has 2 aromatic carbocycles. The van der Waals surface area contributed by atoms with Gasteiger partial charge in [-0.1, -0.05) is 0 Å². The molecule has 0 aliphatic carbocycles. The lowest BCUT2D eigenvalue weighted by atomic mass is 9.75. The highest BCUT2D eigenvalue weighted by Gasteiger charge is 2.41. The lowest BCUT2D eigenvalue weighted by molar-refractivity contribution is 0.0392. The van der Waals surface area contributed by atoms with Gasteiger partial charge in [-0.2, -0.15) is 0 Å². The number of nitrogens with zero attached hydrogens (tertiary/aromatic N) is 1. The first-order chi connectivity index (χ1) is 21.3. The Morgan fingerprint density at radius 3 is 2.02 bits per heavy atom. The minimum absolute atomic E-state index is 0.0987. The number of nitrogens with one attached hydrogen (secondary N) is 1. The quantitative estimate of drug-likeness (QED) is 0.240. The Kier molecular flexibility index (Phi) is 8.26. The maximum absolute atomic E-state index is 13.8. The molecular weight excluding hydrogens is 580 g/mol. The third kappa shape index (κ3) is 5.56. The molecule has 0 amide bonds. The molecular formula is C34H40N2O9. The number of benzene rings is 2. The fraction of sp³-hybridized carbons (Fsp3) is 0.412. The Bertz CT molecular complexity index is 1870. The van der Waals surface area contributed by atoms with Crippen LogP contribution in [0.1, 0.15) is 38.8 Å². The molecule has 1 aliphatic rings. The zero-order valence-electron chi connectivity index (χ0n) is 27.3. The smallest absolute Gasteiger partial charge is 0.255 e. The SMILES string of the molecule is COc1cc(OC)c2nc3c(c(OC)c2c1)C(C(Cc1c(OC)c2cc(OC)cc(OC)c2[nH]c1=O)C(C)(C)O)=CC(C)(C)O3. The number of H-pyrrole nitrogens is 1. The summed E-state index contributed by atoms with van der Waals surface area (Å²) < 4.78 is 40.5. The third-order valence-corrected chi connectivity index (χ3v) is 8.16. The van der Waals surface area contributed by atoms with E-state index in [4.69, 9.17) is 38.1 Å². The molecule has 11 nitrogen and oxygen atoms in total. The van der Waals surface area contributed by atoms with E-state index < -0.39 is 17.1 Å². The van der Waals surface area contributed by atoms with Gasteiger partial charge in [0, 0.05) is 23.4 Å². The highest BCUT2D eigenvalue weighted by atomic mass is 16.5. The van der Waals surface area contributed by atoms with E-state index in [0.29, 0.717) is 78.9 Å². The first kappa shape index (κ1) is 31.8. The highest BCUT2D eigenvalue weighted by Crippen LogP contribution is 2.51. The number of methoxy groups -OCH3 is 6. The van der Waals surface area contributed by atoms with Crippen molar-refractivity contribution in [3.05, 3.63) is 51.8 Å². The fourth-order valence-electron chi connectivity index (χ4n) is 6.07. The zero-order valence-corrected chi connectivity index (χ0v) is 27.3. The molecule has 0 saturated carbocycles. The maximum Gasteiger partial charge on any atom is 0.255 e. The van der Waals surface area contributed by atoms with E-state index in [2.05, 4.69) is 4.98 Å². The summed E-state index contributed by atoms with van der Waals surface area (Å²) in [4.78, 5) is 21.6. The van der Waals surface area contributed by atoms with Crippen LogP contribution in [0.15, 0.2) is 35.1 Å². The number of aliphatic hydroxyl groups is 1. The summed E-state index contributed by atoms with van der Waals surface area (Å²) in [5.74, 6) is 2.49. The summed E-state index contributed by atoms with van der Waals surface area (Å²) in [7, 11) is 9.27. The number of ether oxygens (including phenoxy) is 7. The van der Waals surface area contributed by atoms with Crippen molar-refractivity contribution in [3.8, 4) is 40.4 Å². The lowest BCUT2D eigenvalue weighted by Crippen LogP contribution is -2.38. The zero-order chi connectivity index (χ0) is 32.8. The second-order valence-corrected chi connectivity index (χ2v) is 12.0. The average Bonchev–Trinajstić information content (AvgIpc) is 2.99. The van der Waals surface area contributed by atoms with E-state index in [1.54, 1.807) is 60.5 Å². The Morgan fingerprint density at radius 1 is 0.867 bits per heavy atom. The van der Waals surface area contributed by atoms with E-state index in [1.165, 1.54) is 14.2 Å². The van der Waals surface area contributed by atoms with Crippen molar-refractivity contribution in [1.29, 1.82) is 0 Å². The van der Waals surface area contributed by atoms with Crippen LogP contribution < -0.4 is 38.7 Å². The van der Waals surface area contributed by atoms with Crippen LogP contribution in [0, 0.1) is 5.92 Å². The van der Waals surface area contributed by atoms with Crippen molar-refractivity contribution in [3.63, 3.8) is 0 Å². The molecule has 240 valence electrons. The number of hydrogen-bond donors (Lipinski definition) is 2. The molecule has 0 bridgehead atoms. The van der Waals surface area contributed by atoms with Crippen molar-refractivity contribution in [2.75, 3.05) is 42.7 Å². The number of rotatable bonds is 10. The van der Waals surface area contributed by atoms with Gasteiger partial charge in [-0.25, -0.2) is 4.98 Å². The molecule has 1 unspecified atom stereocenters. The predicted molar refractivity (Wildman–Crippen MR) is 172 cm³/mol. The topological polar surface area (TPSA) is 131 Å². The number of aromatic nitrogens is 2. The molecule has 2 N–H and O–H groups in total. The number of fused-ring (bicyclic) bond motifs is 3. The Hall–Kier alpha value is -4.64.